The number of fused-ring (bicyclic) bond motifs is 1. The molecule has 0 saturated heterocycles. The van der Waals surface area contributed by atoms with Crippen LogP contribution in [0.4, 0.5) is 0 Å². The predicted octanol–water partition coefficient (Wildman–Crippen LogP) is 2.62. The number of aromatic nitrogens is 1. The molecule has 0 N–H and O–H groups in total. The number of nitrogens with zero attached hydrogens (tertiary/aromatic N) is 1. The molecule has 3 heteroatoms. The second-order valence-electron chi connectivity index (χ2n) is 4.01. The maximum absolute atomic E-state index is 11.1. The molecule has 0 spiro atoms. The van der Waals surface area contributed by atoms with Crippen LogP contribution < -0.4 is 4.74 Å². The lowest BCUT2D eigenvalue weighted by Crippen LogP contribution is -1.92. The van der Waals surface area contributed by atoms with Crippen molar-refractivity contribution < 1.29 is 9.53 Å². The molecule has 0 fully saturated rings. The number of aldehydes is 1. The Bertz CT molecular complexity index is 567. The molecular weight excluding hydrogens is 202 g/mol. The molecular formula is C13H15NO2. The monoisotopic (exact) mass is 217 g/mol. The first kappa shape index (κ1) is 10.7. The van der Waals surface area contributed by atoms with Gasteiger partial charge in [-0.1, -0.05) is 0 Å². The van der Waals surface area contributed by atoms with E-state index >= 15 is 0 Å². The maximum atomic E-state index is 11.1. The van der Waals surface area contributed by atoms with Crippen molar-refractivity contribution in [3.05, 3.63) is 29.0 Å². The van der Waals surface area contributed by atoms with Gasteiger partial charge in [0, 0.05) is 29.8 Å². The van der Waals surface area contributed by atoms with E-state index in [2.05, 4.69) is 0 Å². The summed E-state index contributed by atoms with van der Waals surface area (Å²) in [5.74, 6) is 0.852. The van der Waals surface area contributed by atoms with Crippen LogP contribution in [0, 0.1) is 13.8 Å². The van der Waals surface area contributed by atoms with E-state index in [1.54, 1.807) is 7.11 Å². The number of aryl methyl sites for hydroxylation is 2. The van der Waals surface area contributed by atoms with E-state index < -0.39 is 0 Å². The van der Waals surface area contributed by atoms with Crippen LogP contribution in [0.1, 0.15) is 21.6 Å². The Morgan fingerprint density at radius 2 is 2.00 bits per heavy atom. The first-order chi connectivity index (χ1) is 7.60. The minimum Gasteiger partial charge on any atom is -0.496 e. The van der Waals surface area contributed by atoms with Gasteiger partial charge >= 0.3 is 0 Å². The molecule has 2 rings (SSSR count). The first-order valence-corrected chi connectivity index (χ1v) is 5.19. The SMILES string of the molecule is COc1cc2c(cc1C)c(C=O)c(C)n2C. The quantitative estimate of drug-likeness (QED) is 0.724. The summed E-state index contributed by atoms with van der Waals surface area (Å²) >= 11 is 0. The van der Waals surface area contributed by atoms with Gasteiger partial charge in [-0.05, 0) is 25.5 Å². The Kier molecular flexibility index (Phi) is 2.46. The van der Waals surface area contributed by atoms with Crippen molar-refractivity contribution >= 4 is 17.2 Å². The molecule has 84 valence electrons. The zero-order valence-corrected chi connectivity index (χ0v) is 10.00. The molecule has 2 aromatic rings. The smallest absolute Gasteiger partial charge is 0.152 e. The van der Waals surface area contributed by atoms with Crippen molar-refractivity contribution in [2.45, 2.75) is 13.8 Å². The van der Waals surface area contributed by atoms with Crippen LogP contribution >= 0.6 is 0 Å². The first-order valence-electron chi connectivity index (χ1n) is 5.19. The fourth-order valence-corrected chi connectivity index (χ4v) is 2.10. The summed E-state index contributed by atoms with van der Waals surface area (Å²) in [7, 11) is 3.62. The average Bonchev–Trinajstić information content (AvgIpc) is 2.50. The van der Waals surface area contributed by atoms with E-state index in [0.29, 0.717) is 0 Å². The summed E-state index contributed by atoms with van der Waals surface area (Å²) in [5, 5.41) is 0.994. The molecule has 0 amide bonds. The molecule has 0 radical (unpaired) electrons. The van der Waals surface area contributed by atoms with Gasteiger partial charge in [0.1, 0.15) is 5.75 Å². The highest BCUT2D eigenvalue weighted by molar-refractivity contribution is 6.00. The van der Waals surface area contributed by atoms with Gasteiger partial charge in [-0.15, -0.1) is 0 Å². The van der Waals surface area contributed by atoms with Crippen LogP contribution in [0.2, 0.25) is 0 Å². The van der Waals surface area contributed by atoms with Gasteiger partial charge in [-0.3, -0.25) is 4.79 Å². The number of ether oxygens (including phenoxy) is 1. The molecule has 0 atom stereocenters. The van der Waals surface area contributed by atoms with E-state index in [1.165, 1.54) is 0 Å². The lowest BCUT2D eigenvalue weighted by molar-refractivity contribution is 0.112. The van der Waals surface area contributed by atoms with Crippen molar-refractivity contribution in [1.29, 1.82) is 0 Å². The van der Waals surface area contributed by atoms with E-state index in [1.807, 2.05) is 37.6 Å². The fourth-order valence-electron chi connectivity index (χ4n) is 2.10. The van der Waals surface area contributed by atoms with Gasteiger partial charge in [0.2, 0.25) is 0 Å². The Morgan fingerprint density at radius 1 is 1.31 bits per heavy atom. The lowest BCUT2D eigenvalue weighted by atomic mass is 10.1. The largest absolute Gasteiger partial charge is 0.496 e. The van der Waals surface area contributed by atoms with Crippen LogP contribution in [-0.2, 0) is 7.05 Å². The topological polar surface area (TPSA) is 31.2 Å². The van der Waals surface area contributed by atoms with E-state index in [9.17, 15) is 4.79 Å². The second-order valence-corrected chi connectivity index (χ2v) is 4.01. The van der Waals surface area contributed by atoms with Crippen LogP contribution in [0.15, 0.2) is 12.1 Å². The molecule has 1 aromatic carbocycles. The van der Waals surface area contributed by atoms with Crippen molar-refractivity contribution in [1.82, 2.24) is 4.57 Å². The summed E-state index contributed by atoms with van der Waals surface area (Å²) < 4.78 is 7.30. The molecule has 0 saturated carbocycles. The Balaban J connectivity index is 2.90. The van der Waals surface area contributed by atoms with E-state index in [0.717, 1.165) is 39.8 Å². The maximum Gasteiger partial charge on any atom is 0.152 e. The molecule has 0 aliphatic rings. The summed E-state index contributed by atoms with van der Waals surface area (Å²) in [5.41, 5.74) is 3.83. The molecule has 16 heavy (non-hydrogen) atoms. The number of carbonyl (C=O) groups excluding carboxylic acids is 1. The number of carbonyl (C=O) groups is 1. The fraction of sp³-hybridized carbons (Fsp3) is 0.308. The molecule has 1 heterocycles. The van der Waals surface area contributed by atoms with Crippen molar-refractivity contribution in [3.8, 4) is 5.75 Å². The van der Waals surface area contributed by atoms with Crippen LogP contribution in [0.5, 0.6) is 5.75 Å². The minimum atomic E-state index is 0.767. The third kappa shape index (κ3) is 1.32. The number of methoxy groups -OCH3 is 1. The zero-order chi connectivity index (χ0) is 11.9. The Hall–Kier alpha value is -1.77. The van der Waals surface area contributed by atoms with E-state index in [4.69, 9.17) is 4.74 Å². The van der Waals surface area contributed by atoms with Crippen molar-refractivity contribution in [2.24, 2.45) is 7.05 Å². The summed E-state index contributed by atoms with van der Waals surface area (Å²) in [6.07, 6.45) is 0.920. The highest BCUT2D eigenvalue weighted by Gasteiger charge is 2.13. The average molecular weight is 217 g/mol. The van der Waals surface area contributed by atoms with Crippen LogP contribution in [-0.4, -0.2) is 18.0 Å². The summed E-state index contributed by atoms with van der Waals surface area (Å²) in [6, 6.07) is 3.98. The number of rotatable bonds is 2. The highest BCUT2D eigenvalue weighted by Crippen LogP contribution is 2.30. The number of hydrogen-bond donors (Lipinski definition) is 0. The highest BCUT2D eigenvalue weighted by atomic mass is 16.5. The van der Waals surface area contributed by atoms with E-state index in [-0.39, 0.29) is 0 Å². The second kappa shape index (κ2) is 3.67. The Labute approximate surface area is 94.6 Å². The lowest BCUT2D eigenvalue weighted by Gasteiger charge is -2.05. The molecule has 3 nitrogen and oxygen atoms in total. The molecule has 0 aliphatic heterocycles. The van der Waals surface area contributed by atoms with Crippen molar-refractivity contribution in [3.63, 3.8) is 0 Å². The van der Waals surface area contributed by atoms with Gasteiger partial charge in [-0.25, -0.2) is 0 Å². The molecule has 0 bridgehead atoms. The predicted molar refractivity (Wildman–Crippen MR) is 64.3 cm³/mol. The van der Waals surface area contributed by atoms with Gasteiger partial charge < -0.3 is 9.30 Å². The number of benzene rings is 1. The zero-order valence-electron chi connectivity index (χ0n) is 10.00. The number of hydrogen-bond acceptors (Lipinski definition) is 2. The summed E-state index contributed by atoms with van der Waals surface area (Å²) in [6.45, 7) is 3.93. The molecule has 0 unspecified atom stereocenters. The van der Waals surface area contributed by atoms with Crippen LogP contribution in [0.25, 0.3) is 10.9 Å². The Morgan fingerprint density at radius 3 is 2.56 bits per heavy atom. The molecule has 0 aliphatic carbocycles. The van der Waals surface area contributed by atoms with Crippen molar-refractivity contribution in [2.75, 3.05) is 7.11 Å². The van der Waals surface area contributed by atoms with Gasteiger partial charge in [-0.2, -0.15) is 0 Å². The van der Waals surface area contributed by atoms with Crippen LogP contribution in [0.3, 0.4) is 0 Å². The summed E-state index contributed by atoms with van der Waals surface area (Å²) in [4.78, 5) is 11.1. The minimum absolute atomic E-state index is 0.767. The standard InChI is InChI=1S/C13H15NO2/c1-8-5-10-11(7-15)9(2)14(3)12(10)6-13(8)16-4/h5-7H,1-4H3. The normalized spacial score (nSPS) is 10.8. The third-order valence-electron chi connectivity index (χ3n) is 3.18. The van der Waals surface area contributed by atoms with Gasteiger partial charge in [0.05, 0.1) is 12.6 Å². The van der Waals surface area contributed by atoms with Gasteiger partial charge in [0.15, 0.2) is 6.29 Å². The molecule has 1 aromatic heterocycles. The third-order valence-corrected chi connectivity index (χ3v) is 3.18. The van der Waals surface area contributed by atoms with Gasteiger partial charge in [0.25, 0.3) is 0 Å².